The maximum atomic E-state index is 11.3. The third-order valence-electron chi connectivity index (χ3n) is 7.35. The second kappa shape index (κ2) is 10.5. The molecule has 0 saturated heterocycles. The van der Waals surface area contributed by atoms with E-state index in [0.29, 0.717) is 83.0 Å². The Hall–Kier alpha value is -4.44. The Labute approximate surface area is 223 Å². The highest BCUT2D eigenvalue weighted by Gasteiger charge is 2.19. The van der Waals surface area contributed by atoms with Crippen LogP contribution < -0.4 is 0 Å². The van der Waals surface area contributed by atoms with Crippen LogP contribution in [0.4, 0.5) is 0 Å². The van der Waals surface area contributed by atoms with E-state index in [-0.39, 0.29) is 23.0 Å². The Balaban J connectivity index is 1.74. The summed E-state index contributed by atoms with van der Waals surface area (Å²) in [6, 6.07) is 19.0. The number of hydrogen-bond donors (Lipinski definition) is 4. The molecule has 0 amide bonds. The zero-order valence-corrected chi connectivity index (χ0v) is 21.4. The minimum Gasteiger partial charge on any atom is -0.507 e. The standard InChI is InChI=1S/C34H32O4/c1-3-7-21-13-27-17-23-9-5-11-25(31(23)35)19-29-15-22(8-4-2)16-30(34(29)38)20-26-12-6-10-24(32(26)36)18-28(14-21)33(27)37/h3-6,9-16,35-38H,1-2,7-8,17-20H2. The van der Waals surface area contributed by atoms with Crippen LogP contribution in [0.5, 0.6) is 23.0 Å². The summed E-state index contributed by atoms with van der Waals surface area (Å²) < 4.78 is 0. The lowest BCUT2D eigenvalue weighted by atomic mass is 9.89. The average Bonchev–Trinajstić information content (AvgIpc) is 2.89. The van der Waals surface area contributed by atoms with Crippen LogP contribution in [0, 0.1) is 0 Å². The highest BCUT2D eigenvalue weighted by molar-refractivity contribution is 5.56. The van der Waals surface area contributed by atoms with Crippen molar-refractivity contribution in [2.45, 2.75) is 38.5 Å². The Bertz CT molecular complexity index is 1340. The third-order valence-corrected chi connectivity index (χ3v) is 7.35. The maximum Gasteiger partial charge on any atom is 0.122 e. The van der Waals surface area contributed by atoms with Crippen molar-refractivity contribution >= 4 is 0 Å². The zero-order valence-electron chi connectivity index (χ0n) is 21.4. The molecule has 0 fully saturated rings. The first-order valence-electron chi connectivity index (χ1n) is 12.9. The van der Waals surface area contributed by atoms with E-state index < -0.39 is 0 Å². The summed E-state index contributed by atoms with van der Waals surface area (Å²) in [5.74, 6) is 0.646. The van der Waals surface area contributed by atoms with Gasteiger partial charge in [0.25, 0.3) is 0 Å². The van der Waals surface area contributed by atoms with Crippen molar-refractivity contribution in [3.8, 4) is 23.0 Å². The van der Waals surface area contributed by atoms with Crippen LogP contribution in [-0.4, -0.2) is 20.4 Å². The minimum atomic E-state index is 0.160. The van der Waals surface area contributed by atoms with Gasteiger partial charge in [0.15, 0.2) is 0 Å². The van der Waals surface area contributed by atoms with Gasteiger partial charge in [0.1, 0.15) is 23.0 Å². The van der Waals surface area contributed by atoms with Gasteiger partial charge in [-0.1, -0.05) is 72.8 Å². The van der Waals surface area contributed by atoms with E-state index in [0.717, 1.165) is 11.1 Å². The van der Waals surface area contributed by atoms with Crippen molar-refractivity contribution in [2.24, 2.45) is 0 Å². The molecule has 0 atom stereocenters. The van der Waals surface area contributed by atoms with Crippen LogP contribution in [0.1, 0.15) is 55.6 Å². The molecule has 4 N–H and O–H groups in total. The molecule has 0 spiro atoms. The number of hydrogen-bond acceptors (Lipinski definition) is 4. The minimum absolute atomic E-state index is 0.160. The van der Waals surface area contributed by atoms with Gasteiger partial charge in [0.05, 0.1) is 0 Å². The van der Waals surface area contributed by atoms with Gasteiger partial charge in [-0.2, -0.15) is 0 Å². The molecule has 0 saturated carbocycles. The Morgan fingerprint density at radius 3 is 1.00 bits per heavy atom. The third kappa shape index (κ3) is 4.90. The van der Waals surface area contributed by atoms with Crippen molar-refractivity contribution in [3.63, 3.8) is 0 Å². The quantitative estimate of drug-likeness (QED) is 0.207. The SMILES string of the molecule is C=CCc1cc2c(O)c(c1)Cc1cccc(c1O)Cc1cc(CC=C)cc(c1O)Cc1cccc(c1O)C2. The number of benzene rings is 4. The largest absolute Gasteiger partial charge is 0.507 e. The van der Waals surface area contributed by atoms with Gasteiger partial charge in [-0.3, -0.25) is 0 Å². The number of rotatable bonds is 4. The van der Waals surface area contributed by atoms with Gasteiger partial charge in [0, 0.05) is 25.7 Å². The number of fused-ring (bicyclic) bond motifs is 8. The molecule has 192 valence electrons. The van der Waals surface area contributed by atoms with E-state index in [1.165, 1.54) is 0 Å². The molecule has 38 heavy (non-hydrogen) atoms. The molecule has 4 aromatic rings. The molecule has 5 rings (SSSR count). The molecule has 1 aliphatic rings. The highest BCUT2D eigenvalue weighted by atomic mass is 16.3. The van der Waals surface area contributed by atoms with Gasteiger partial charge in [-0.15, -0.1) is 13.2 Å². The first-order valence-corrected chi connectivity index (χ1v) is 12.9. The average molecular weight is 505 g/mol. The summed E-state index contributed by atoms with van der Waals surface area (Å²) in [4.78, 5) is 0. The highest BCUT2D eigenvalue weighted by Crippen LogP contribution is 2.38. The fourth-order valence-corrected chi connectivity index (χ4v) is 5.45. The van der Waals surface area contributed by atoms with E-state index in [1.807, 2.05) is 72.8 Å². The first-order chi connectivity index (χ1) is 18.4. The van der Waals surface area contributed by atoms with Crippen molar-refractivity contribution in [3.05, 3.63) is 142 Å². The van der Waals surface area contributed by atoms with Crippen LogP contribution in [0.2, 0.25) is 0 Å². The number of aromatic hydroxyl groups is 4. The van der Waals surface area contributed by atoms with E-state index in [2.05, 4.69) is 13.2 Å². The summed E-state index contributed by atoms with van der Waals surface area (Å²) in [5, 5.41) is 45.1. The molecule has 4 aromatic carbocycles. The normalized spacial score (nSPS) is 12.6. The number of allylic oxidation sites excluding steroid dienone is 2. The van der Waals surface area contributed by atoms with E-state index in [9.17, 15) is 20.4 Å². The summed E-state index contributed by atoms with van der Waals surface area (Å²) in [6.45, 7) is 7.73. The van der Waals surface area contributed by atoms with Gasteiger partial charge in [0.2, 0.25) is 0 Å². The molecule has 1 aliphatic carbocycles. The van der Waals surface area contributed by atoms with Crippen LogP contribution in [0.3, 0.4) is 0 Å². The molecular formula is C34H32O4. The molecule has 4 heteroatoms. The molecule has 8 bridgehead atoms. The lowest BCUT2D eigenvalue weighted by Crippen LogP contribution is -2.02. The van der Waals surface area contributed by atoms with Crippen LogP contribution in [-0.2, 0) is 38.5 Å². The van der Waals surface area contributed by atoms with Gasteiger partial charge < -0.3 is 20.4 Å². The fraction of sp³-hybridized carbons (Fsp3) is 0.176. The summed E-state index contributed by atoms with van der Waals surface area (Å²) in [5.41, 5.74) is 7.59. The molecule has 0 heterocycles. The summed E-state index contributed by atoms with van der Waals surface area (Å²) in [6.07, 6.45) is 6.27. The van der Waals surface area contributed by atoms with Crippen molar-refractivity contribution in [1.82, 2.24) is 0 Å². The second-order valence-electron chi connectivity index (χ2n) is 10.1. The monoisotopic (exact) mass is 504 g/mol. The van der Waals surface area contributed by atoms with Crippen LogP contribution in [0.25, 0.3) is 0 Å². The van der Waals surface area contributed by atoms with Crippen molar-refractivity contribution < 1.29 is 20.4 Å². The Morgan fingerprint density at radius 2 is 0.737 bits per heavy atom. The molecule has 0 aromatic heterocycles. The van der Waals surface area contributed by atoms with E-state index in [1.54, 1.807) is 0 Å². The molecule has 0 aliphatic heterocycles. The predicted octanol–water partition coefficient (Wildman–Crippen LogP) is 6.64. The Kier molecular flexibility index (Phi) is 6.97. The van der Waals surface area contributed by atoms with E-state index >= 15 is 0 Å². The van der Waals surface area contributed by atoms with Crippen LogP contribution in [0.15, 0.2) is 86.0 Å². The summed E-state index contributed by atoms with van der Waals surface area (Å²) >= 11 is 0. The topological polar surface area (TPSA) is 80.9 Å². The van der Waals surface area contributed by atoms with Gasteiger partial charge in [-0.25, -0.2) is 0 Å². The van der Waals surface area contributed by atoms with Gasteiger partial charge >= 0.3 is 0 Å². The lowest BCUT2D eigenvalue weighted by molar-refractivity contribution is 0.450. The molecule has 4 nitrogen and oxygen atoms in total. The number of phenolic OH excluding ortho intramolecular Hbond substituents is 4. The number of para-hydroxylation sites is 2. The van der Waals surface area contributed by atoms with Crippen molar-refractivity contribution in [1.29, 1.82) is 0 Å². The van der Waals surface area contributed by atoms with Crippen molar-refractivity contribution in [2.75, 3.05) is 0 Å². The van der Waals surface area contributed by atoms with Gasteiger partial charge in [-0.05, 0) is 68.5 Å². The predicted molar refractivity (Wildman–Crippen MR) is 151 cm³/mol. The smallest absolute Gasteiger partial charge is 0.122 e. The van der Waals surface area contributed by atoms with E-state index in [4.69, 9.17) is 0 Å². The molecule has 0 radical (unpaired) electrons. The second-order valence-corrected chi connectivity index (χ2v) is 10.1. The van der Waals surface area contributed by atoms with Crippen LogP contribution >= 0.6 is 0 Å². The lowest BCUT2D eigenvalue weighted by Gasteiger charge is -2.18. The molecular weight excluding hydrogens is 472 g/mol. The Morgan fingerprint density at radius 1 is 0.474 bits per heavy atom. The first kappa shape index (κ1) is 25.2. The fourth-order valence-electron chi connectivity index (χ4n) is 5.45. The number of phenols is 4. The summed E-state index contributed by atoms with van der Waals surface area (Å²) in [7, 11) is 0. The zero-order chi connectivity index (χ0) is 26.8. The molecule has 0 unspecified atom stereocenters. The maximum absolute atomic E-state index is 11.3.